The maximum atomic E-state index is 8.80. The second kappa shape index (κ2) is 5.13. The van der Waals surface area contributed by atoms with Crippen molar-refractivity contribution in [2.45, 2.75) is 0 Å². The van der Waals surface area contributed by atoms with Gasteiger partial charge >= 0.3 is 48.3 Å². The molecule has 0 bridgehead atoms. The first-order chi connectivity index (χ1) is 2.00. The molecule has 7 heavy (non-hydrogen) atoms. The van der Waals surface area contributed by atoms with Crippen LogP contribution in [-0.2, 0) is 21.0 Å². The van der Waals surface area contributed by atoms with Crippen molar-refractivity contribution in [3.8, 4) is 0 Å². The summed E-state index contributed by atoms with van der Waals surface area (Å²) in [5.74, 6) is 0. The molecule has 0 aromatic carbocycles. The molecule has 0 saturated carbocycles. The molecular formula is H5LiMnO4S. The molecule has 0 aliphatic carbocycles. The van der Waals surface area contributed by atoms with Gasteiger partial charge in [-0.1, -0.05) is 0 Å². The Morgan fingerprint density at radius 3 is 1.29 bits per heavy atom. The van der Waals surface area contributed by atoms with Gasteiger partial charge in [0.05, 0.1) is 0 Å². The minimum atomic E-state index is -5.12. The molecular weight excluding hydrogens is 158 g/mol. The summed E-state index contributed by atoms with van der Waals surface area (Å²) in [6.45, 7) is 0. The predicted molar refractivity (Wildman–Crippen MR) is 17.3 cm³/mol. The Hall–Kier alpha value is 0.987. The first-order valence-corrected chi connectivity index (χ1v) is 2.67. The number of rotatable bonds is 0. The van der Waals surface area contributed by atoms with Crippen molar-refractivity contribution in [2.75, 3.05) is 0 Å². The minimum absolute atomic E-state index is 0. The van der Waals surface area contributed by atoms with Crippen molar-refractivity contribution in [3.05, 3.63) is 0 Å². The summed E-state index contributed by atoms with van der Waals surface area (Å²) in [4.78, 5) is 0. The van der Waals surface area contributed by atoms with E-state index in [-0.39, 0.29) is 33.8 Å². The van der Waals surface area contributed by atoms with Gasteiger partial charge in [0, 0.05) is 0 Å². The molecule has 4 nitrogen and oxygen atoms in total. The third-order valence-electron chi connectivity index (χ3n) is 0. The van der Waals surface area contributed by atoms with Crippen molar-refractivity contribution in [3.63, 3.8) is 0 Å². The molecule has 0 amide bonds. The molecule has 0 aliphatic heterocycles. The van der Waals surface area contributed by atoms with E-state index in [1.807, 2.05) is 0 Å². The molecule has 0 atom stereocenters. The van der Waals surface area contributed by atoms with Crippen molar-refractivity contribution >= 4 is 13.5 Å². The van der Waals surface area contributed by atoms with Gasteiger partial charge in [0.1, 0.15) is 0 Å². The quantitative estimate of drug-likeness (QED) is 0.356. The summed E-state index contributed by atoms with van der Waals surface area (Å²) >= 11 is -5.12. The zero-order chi connectivity index (χ0) is 4.50. The average Bonchev–Trinajstić information content (AvgIpc) is 0.722. The van der Waals surface area contributed by atoms with Gasteiger partial charge in [0.2, 0.25) is 0 Å². The topological polar surface area (TPSA) is 74.6 Å². The van der Waals surface area contributed by atoms with Gasteiger partial charge in [0.15, 0.2) is 0 Å². The summed E-state index contributed by atoms with van der Waals surface area (Å²) in [6, 6.07) is 0. The van der Waals surface area contributed by atoms with Crippen LogP contribution in [0.4, 0.5) is 0 Å². The van der Waals surface area contributed by atoms with Crippen LogP contribution in [0, 0.1) is 0 Å². The molecule has 2 N–H and O–H groups in total. The SMILES string of the molecule is S.[H-].[Li+].[O]=[Mn](=[O])([OH])[OH]. The molecule has 7 heteroatoms. The van der Waals surface area contributed by atoms with Crippen LogP contribution >= 0.6 is 13.5 Å². The summed E-state index contributed by atoms with van der Waals surface area (Å²) in [6.07, 6.45) is 0. The summed E-state index contributed by atoms with van der Waals surface area (Å²) < 4.78 is 31.8. The second-order valence-electron chi connectivity index (χ2n) is 0.415. The van der Waals surface area contributed by atoms with Crippen LogP contribution in [0.25, 0.3) is 0 Å². The first-order valence-electron chi connectivity index (χ1n) is 0.647. The van der Waals surface area contributed by atoms with E-state index in [1.165, 1.54) is 0 Å². The Labute approximate surface area is 63.3 Å². The van der Waals surface area contributed by atoms with E-state index in [9.17, 15) is 0 Å². The normalized spacial score (nSPS) is 8.29. The molecule has 0 aromatic heterocycles. The Balaban J connectivity index is -0.0000000267. The van der Waals surface area contributed by atoms with Gasteiger partial charge < -0.3 is 1.43 Å². The zero-order valence-electron chi connectivity index (χ0n) is 4.59. The van der Waals surface area contributed by atoms with E-state index in [2.05, 4.69) is 0 Å². The molecule has 0 spiro atoms. The molecule has 43 valence electrons. The summed E-state index contributed by atoms with van der Waals surface area (Å²) in [5.41, 5.74) is 0. The first kappa shape index (κ1) is 15.7. The Morgan fingerprint density at radius 1 is 1.29 bits per heavy atom. The summed E-state index contributed by atoms with van der Waals surface area (Å²) in [5, 5.41) is 0. The predicted octanol–water partition coefficient (Wildman–Crippen LogP) is -4.12. The summed E-state index contributed by atoms with van der Waals surface area (Å²) in [7, 11) is 0. The van der Waals surface area contributed by atoms with Gasteiger partial charge in [-0.25, -0.2) is 0 Å². The van der Waals surface area contributed by atoms with Crippen molar-refractivity contribution in [1.82, 2.24) is 0 Å². The van der Waals surface area contributed by atoms with E-state index in [4.69, 9.17) is 16.0 Å². The van der Waals surface area contributed by atoms with E-state index in [1.54, 1.807) is 0 Å². The maximum absolute atomic E-state index is 8.80. The third kappa shape index (κ3) is 178. The Bertz CT molecular complexity index is 99.2. The molecule has 0 rings (SSSR count). The van der Waals surface area contributed by atoms with Crippen LogP contribution in [0.15, 0.2) is 0 Å². The van der Waals surface area contributed by atoms with Crippen molar-refractivity contribution in [2.24, 2.45) is 0 Å². The second-order valence-corrected chi connectivity index (χ2v) is 1.71. The molecule has 0 aromatic rings. The molecule has 0 aliphatic rings. The molecule has 0 heterocycles. The van der Waals surface area contributed by atoms with Crippen LogP contribution in [0.3, 0.4) is 0 Å². The van der Waals surface area contributed by atoms with Gasteiger partial charge in [0.25, 0.3) is 0 Å². The fourth-order valence-corrected chi connectivity index (χ4v) is 0. The van der Waals surface area contributed by atoms with E-state index in [0.717, 1.165) is 0 Å². The number of hydrogen-bond acceptors (Lipinski definition) is 2. The van der Waals surface area contributed by atoms with Gasteiger partial charge in [-0.05, 0) is 0 Å². The Kier molecular flexibility index (Phi) is 11.5. The molecule has 0 radical (unpaired) electrons. The molecule has 0 fully saturated rings. The monoisotopic (exact) mass is 163 g/mol. The van der Waals surface area contributed by atoms with Crippen LogP contribution in [-0.4, -0.2) is 8.38 Å². The van der Waals surface area contributed by atoms with E-state index in [0.29, 0.717) is 0 Å². The molecule has 0 unspecified atom stereocenters. The van der Waals surface area contributed by atoms with Gasteiger partial charge in [-0.3, -0.25) is 0 Å². The third-order valence-corrected chi connectivity index (χ3v) is 0. The van der Waals surface area contributed by atoms with Gasteiger partial charge in [-0.15, -0.1) is 0 Å². The van der Waals surface area contributed by atoms with Crippen LogP contribution in [0.5, 0.6) is 0 Å². The fraction of sp³-hybridized carbons (Fsp3) is 0. The van der Waals surface area contributed by atoms with Crippen molar-refractivity contribution < 1.29 is 49.7 Å². The standard InChI is InChI=1S/Li.Mn.2H2O.2O.H2S.H/h;;2*1H2;;;1H2;/q+1;+2;;;;;;-1/p-2. The van der Waals surface area contributed by atoms with Crippen molar-refractivity contribution in [1.29, 1.82) is 0 Å². The number of hydrogen-bond donors (Lipinski definition) is 2. The van der Waals surface area contributed by atoms with Crippen LogP contribution in [0.1, 0.15) is 1.43 Å². The average molecular weight is 163 g/mol. The Morgan fingerprint density at radius 2 is 1.29 bits per heavy atom. The fourth-order valence-electron chi connectivity index (χ4n) is 0. The van der Waals surface area contributed by atoms with E-state index >= 15 is 0 Å². The zero-order valence-corrected chi connectivity index (χ0v) is 5.77. The van der Waals surface area contributed by atoms with Crippen LogP contribution < -0.4 is 18.9 Å². The van der Waals surface area contributed by atoms with E-state index < -0.39 is 13.4 Å². The van der Waals surface area contributed by atoms with Crippen LogP contribution in [0.2, 0.25) is 0 Å². The molecule has 0 saturated heterocycles. The van der Waals surface area contributed by atoms with Gasteiger partial charge in [-0.2, -0.15) is 13.5 Å².